The molecule has 12 heteroatoms. The Morgan fingerprint density at radius 2 is 1.88 bits per heavy atom. The third kappa shape index (κ3) is 4.37. The number of fused-ring (bicyclic) bond motifs is 1. The first-order chi connectivity index (χ1) is 15.8. The van der Waals surface area contributed by atoms with E-state index in [1.54, 1.807) is 19.2 Å². The van der Waals surface area contributed by atoms with Crippen LogP contribution in [0.15, 0.2) is 27.9 Å². The molecule has 1 aliphatic heterocycles. The molecule has 1 aromatic carbocycles. The first-order valence-corrected chi connectivity index (χ1v) is 12.5. The second-order valence-electron chi connectivity index (χ2n) is 8.13. The molecule has 0 bridgehead atoms. The number of sulfonamides is 1. The molecule has 0 unspecified atom stereocenters. The van der Waals surface area contributed by atoms with Crippen LogP contribution in [0.4, 0.5) is 0 Å². The van der Waals surface area contributed by atoms with Gasteiger partial charge in [-0.1, -0.05) is 16.5 Å². The summed E-state index contributed by atoms with van der Waals surface area (Å²) < 4.78 is 36.9. The molecule has 1 N–H and O–H groups in total. The summed E-state index contributed by atoms with van der Waals surface area (Å²) in [5.74, 6) is 1.32. The molecular formula is C21H30N7O4S+. The Bertz CT molecular complexity index is 1320. The Labute approximate surface area is 192 Å². The number of piperazine rings is 1. The lowest BCUT2D eigenvalue weighted by atomic mass is 10.2. The lowest BCUT2D eigenvalue weighted by Crippen LogP contribution is -2.47. The van der Waals surface area contributed by atoms with Gasteiger partial charge in [0.2, 0.25) is 10.0 Å². The van der Waals surface area contributed by atoms with Crippen LogP contribution in [0.1, 0.15) is 26.1 Å². The number of aromatic amines is 1. The lowest BCUT2D eigenvalue weighted by molar-refractivity contribution is -0.590. The molecule has 33 heavy (non-hydrogen) atoms. The van der Waals surface area contributed by atoms with Crippen LogP contribution in [0.3, 0.4) is 0 Å². The number of ether oxygens (including phenoxy) is 1. The van der Waals surface area contributed by atoms with Crippen molar-refractivity contribution in [2.45, 2.75) is 31.6 Å². The quantitative estimate of drug-likeness (QED) is 0.484. The Morgan fingerprint density at radius 1 is 1.15 bits per heavy atom. The van der Waals surface area contributed by atoms with E-state index in [2.05, 4.69) is 20.1 Å². The minimum Gasteiger partial charge on any atom is -0.493 e. The molecule has 178 valence electrons. The second kappa shape index (κ2) is 9.20. The molecule has 0 saturated carbocycles. The average Bonchev–Trinajstić information content (AvgIpc) is 3.10. The summed E-state index contributed by atoms with van der Waals surface area (Å²) in [6, 6.07) is 4.69. The molecule has 1 fully saturated rings. The van der Waals surface area contributed by atoms with Crippen molar-refractivity contribution in [3.63, 3.8) is 0 Å². The Kier molecular flexibility index (Phi) is 6.50. The van der Waals surface area contributed by atoms with Gasteiger partial charge in [0.05, 0.1) is 24.1 Å². The second-order valence-corrected chi connectivity index (χ2v) is 10.1. The fourth-order valence-corrected chi connectivity index (χ4v) is 5.42. The van der Waals surface area contributed by atoms with Crippen molar-refractivity contribution in [3.8, 4) is 17.1 Å². The van der Waals surface area contributed by atoms with Crippen molar-refractivity contribution >= 4 is 15.7 Å². The number of hydrogen-bond acceptors (Lipinski definition) is 7. The van der Waals surface area contributed by atoms with Gasteiger partial charge in [0, 0.05) is 37.7 Å². The first kappa shape index (κ1) is 23.3. The van der Waals surface area contributed by atoms with Gasteiger partial charge < -0.3 is 9.64 Å². The number of hydrogen-bond donors (Lipinski definition) is 1. The Morgan fingerprint density at radius 3 is 2.55 bits per heavy atom. The van der Waals surface area contributed by atoms with Gasteiger partial charge in [-0.3, -0.25) is 9.78 Å². The molecular weight excluding hydrogens is 446 g/mol. The van der Waals surface area contributed by atoms with Gasteiger partial charge in [-0.2, -0.15) is 4.31 Å². The number of aromatic nitrogens is 5. The monoisotopic (exact) mass is 476 g/mol. The molecule has 4 rings (SSSR count). The van der Waals surface area contributed by atoms with E-state index in [9.17, 15) is 13.2 Å². The van der Waals surface area contributed by atoms with E-state index < -0.39 is 10.0 Å². The Hall–Kier alpha value is -2.83. The summed E-state index contributed by atoms with van der Waals surface area (Å²) in [7, 11) is -0.0383. The molecule has 1 saturated heterocycles. The highest BCUT2D eigenvalue weighted by Gasteiger charge is 2.29. The first-order valence-electron chi connectivity index (χ1n) is 11.1. The van der Waals surface area contributed by atoms with Crippen LogP contribution in [-0.4, -0.2) is 77.3 Å². The summed E-state index contributed by atoms with van der Waals surface area (Å²) in [5.41, 5.74) is 0.346. The minimum atomic E-state index is -3.70. The maximum atomic E-state index is 13.3. The summed E-state index contributed by atoms with van der Waals surface area (Å²) in [6.45, 7) is 6.44. The number of rotatable bonds is 7. The molecule has 0 radical (unpaired) electrons. The van der Waals surface area contributed by atoms with Gasteiger partial charge in [-0.15, -0.1) is 4.68 Å². The number of likely N-dealkylation sites (N-methyl/N-ethyl adjacent to an activating group) is 1. The third-order valence-corrected chi connectivity index (χ3v) is 7.63. The fraction of sp³-hybridized carbons (Fsp3) is 0.524. The molecule has 11 nitrogen and oxygen atoms in total. The van der Waals surface area contributed by atoms with Crippen LogP contribution in [-0.2, 0) is 23.5 Å². The summed E-state index contributed by atoms with van der Waals surface area (Å²) in [6.07, 6.45) is 1.49. The van der Waals surface area contributed by atoms with Crippen molar-refractivity contribution in [1.29, 1.82) is 0 Å². The van der Waals surface area contributed by atoms with Crippen LogP contribution in [0.5, 0.6) is 5.75 Å². The SMILES string of the molecule is CCCc1nn(C)c2c(=O)[nH]c(-c3cc(S(=O)(=O)N4CCN(C)CC4)ccc3OCC)n[n+]12. The summed E-state index contributed by atoms with van der Waals surface area (Å²) in [5, 5.41) is 9.03. The maximum Gasteiger partial charge on any atom is 0.350 e. The number of nitrogens with zero attached hydrogens (tertiary/aromatic N) is 6. The predicted molar refractivity (Wildman–Crippen MR) is 122 cm³/mol. The molecule has 2 aromatic heterocycles. The molecule has 0 aliphatic carbocycles. The van der Waals surface area contributed by atoms with E-state index in [1.807, 2.05) is 20.9 Å². The zero-order valence-corrected chi connectivity index (χ0v) is 20.2. The van der Waals surface area contributed by atoms with E-state index in [0.717, 1.165) is 6.42 Å². The van der Waals surface area contributed by atoms with Gasteiger partial charge >= 0.3 is 17.0 Å². The third-order valence-electron chi connectivity index (χ3n) is 5.73. The zero-order chi connectivity index (χ0) is 23.8. The standard InChI is InChI=1S/C21H29N7O4S/c1-5-7-18-23-26(4)21-20(29)22-19(24-28(18)21)16-14-15(8-9-17(16)32-6-2)33(30,31)27-12-10-25(3)11-13-27/h8-9,14H,5-7,10-13H2,1-4H3/p+1. The van der Waals surface area contributed by atoms with Crippen molar-refractivity contribution in [2.24, 2.45) is 7.05 Å². The smallest absolute Gasteiger partial charge is 0.350 e. The number of benzene rings is 1. The fourth-order valence-electron chi connectivity index (χ4n) is 3.97. The number of nitrogens with one attached hydrogen (secondary N) is 1. The highest BCUT2D eigenvalue weighted by molar-refractivity contribution is 7.89. The van der Waals surface area contributed by atoms with Crippen molar-refractivity contribution in [2.75, 3.05) is 39.8 Å². The van der Waals surface area contributed by atoms with E-state index in [4.69, 9.17) is 4.74 Å². The van der Waals surface area contributed by atoms with Crippen LogP contribution < -0.4 is 14.8 Å². The van der Waals surface area contributed by atoms with E-state index in [-0.39, 0.29) is 16.3 Å². The zero-order valence-electron chi connectivity index (χ0n) is 19.4. The van der Waals surface area contributed by atoms with Gasteiger partial charge in [-0.25, -0.2) is 8.42 Å². The van der Waals surface area contributed by atoms with Gasteiger partial charge in [-0.05, 0) is 38.6 Å². The summed E-state index contributed by atoms with van der Waals surface area (Å²) in [4.78, 5) is 17.9. The van der Waals surface area contributed by atoms with Crippen LogP contribution in [0, 0.1) is 0 Å². The predicted octanol–water partition coefficient (Wildman–Crippen LogP) is 0.196. The maximum absolute atomic E-state index is 13.3. The van der Waals surface area contributed by atoms with Crippen molar-refractivity contribution in [1.82, 2.24) is 29.1 Å². The normalized spacial score (nSPS) is 15.9. The molecule has 1 aliphatic rings. The molecule has 0 spiro atoms. The van der Waals surface area contributed by atoms with Crippen molar-refractivity contribution < 1.29 is 17.7 Å². The van der Waals surface area contributed by atoms with E-state index in [0.29, 0.717) is 62.0 Å². The largest absolute Gasteiger partial charge is 0.493 e. The van der Waals surface area contributed by atoms with Gasteiger partial charge in [0.15, 0.2) is 5.82 Å². The number of aryl methyl sites for hydroxylation is 2. The highest BCUT2D eigenvalue weighted by atomic mass is 32.2. The van der Waals surface area contributed by atoms with E-state index >= 15 is 0 Å². The summed E-state index contributed by atoms with van der Waals surface area (Å²) >= 11 is 0. The van der Waals surface area contributed by atoms with Crippen LogP contribution in [0.25, 0.3) is 17.0 Å². The topological polar surface area (TPSA) is 118 Å². The average molecular weight is 477 g/mol. The molecule has 0 atom stereocenters. The lowest BCUT2D eigenvalue weighted by Gasteiger charge is -2.31. The number of H-pyrrole nitrogens is 1. The molecule has 0 amide bonds. The van der Waals surface area contributed by atoms with Gasteiger partial charge in [0.25, 0.3) is 0 Å². The van der Waals surface area contributed by atoms with Gasteiger partial charge in [0.1, 0.15) is 5.75 Å². The van der Waals surface area contributed by atoms with Crippen molar-refractivity contribution in [3.05, 3.63) is 34.4 Å². The Balaban J connectivity index is 1.85. The minimum absolute atomic E-state index is 0.137. The highest BCUT2D eigenvalue weighted by Crippen LogP contribution is 2.31. The molecule has 3 heterocycles. The molecule has 3 aromatic rings. The van der Waals surface area contributed by atoms with Crippen LogP contribution in [0.2, 0.25) is 0 Å². The van der Waals surface area contributed by atoms with E-state index in [1.165, 1.54) is 19.6 Å². The van der Waals surface area contributed by atoms with Crippen LogP contribution >= 0.6 is 0 Å².